The first-order valence-electron chi connectivity index (χ1n) is 7.03. The largest absolute Gasteiger partial charge is 0.383 e. The normalized spacial score (nSPS) is 14.0. The lowest BCUT2D eigenvalue weighted by Gasteiger charge is -2.22. The number of fused-ring (bicyclic) bond motifs is 1. The highest BCUT2D eigenvalue weighted by Gasteiger charge is 2.26. The molecule has 0 radical (unpaired) electrons. The van der Waals surface area contributed by atoms with Gasteiger partial charge in [-0.2, -0.15) is 5.10 Å². The van der Waals surface area contributed by atoms with E-state index in [1.807, 2.05) is 18.2 Å². The van der Waals surface area contributed by atoms with Crippen molar-refractivity contribution in [2.24, 2.45) is 7.05 Å². The summed E-state index contributed by atoms with van der Waals surface area (Å²) in [5, 5.41) is 18.3. The molecule has 3 rings (SSSR count). The van der Waals surface area contributed by atoms with Crippen LogP contribution in [0.3, 0.4) is 0 Å². The van der Waals surface area contributed by atoms with Gasteiger partial charge in [0.2, 0.25) is 0 Å². The van der Waals surface area contributed by atoms with Crippen molar-refractivity contribution in [3.8, 4) is 0 Å². The summed E-state index contributed by atoms with van der Waals surface area (Å²) in [4.78, 5) is 15.4. The number of aromatic amines is 1. The minimum absolute atomic E-state index is 0.106. The van der Waals surface area contributed by atoms with Crippen molar-refractivity contribution < 1.29 is 9.90 Å². The van der Waals surface area contributed by atoms with Gasteiger partial charge in [-0.05, 0) is 19.1 Å². The molecule has 1 unspecified atom stereocenters. The van der Waals surface area contributed by atoms with E-state index < -0.39 is 5.60 Å². The average Bonchev–Trinajstić information content (AvgIpc) is 3.13. The van der Waals surface area contributed by atoms with Crippen LogP contribution in [-0.4, -0.2) is 32.3 Å². The summed E-state index contributed by atoms with van der Waals surface area (Å²) >= 11 is 0. The van der Waals surface area contributed by atoms with E-state index in [0.29, 0.717) is 11.1 Å². The van der Waals surface area contributed by atoms with E-state index in [-0.39, 0.29) is 12.5 Å². The van der Waals surface area contributed by atoms with Gasteiger partial charge in [-0.15, -0.1) is 0 Å². The lowest BCUT2D eigenvalue weighted by atomic mass is 9.99. The first-order chi connectivity index (χ1) is 10.5. The lowest BCUT2D eigenvalue weighted by molar-refractivity contribution is 0.0526. The fourth-order valence-corrected chi connectivity index (χ4v) is 2.42. The zero-order chi connectivity index (χ0) is 15.7. The van der Waals surface area contributed by atoms with Crippen molar-refractivity contribution in [1.29, 1.82) is 0 Å². The van der Waals surface area contributed by atoms with Crippen molar-refractivity contribution in [3.63, 3.8) is 0 Å². The van der Waals surface area contributed by atoms with E-state index in [0.717, 1.165) is 10.9 Å². The predicted octanol–water partition coefficient (Wildman–Crippen LogP) is 1.54. The third-order valence-electron chi connectivity index (χ3n) is 3.75. The molecule has 3 N–H and O–H groups in total. The number of aromatic nitrogens is 3. The highest BCUT2D eigenvalue weighted by molar-refractivity contribution is 6.05. The maximum Gasteiger partial charge on any atom is 0.253 e. The van der Waals surface area contributed by atoms with Gasteiger partial charge in [-0.3, -0.25) is 9.48 Å². The molecule has 0 aliphatic rings. The monoisotopic (exact) mass is 298 g/mol. The van der Waals surface area contributed by atoms with Gasteiger partial charge in [-0.1, -0.05) is 12.1 Å². The van der Waals surface area contributed by atoms with E-state index >= 15 is 0 Å². The van der Waals surface area contributed by atoms with Crippen LogP contribution in [0, 0.1) is 0 Å². The Balaban J connectivity index is 1.76. The Morgan fingerprint density at radius 2 is 2.27 bits per heavy atom. The Bertz CT molecular complexity index is 816. The van der Waals surface area contributed by atoms with Crippen LogP contribution < -0.4 is 5.32 Å². The van der Waals surface area contributed by atoms with Crippen molar-refractivity contribution in [3.05, 3.63) is 54.0 Å². The lowest BCUT2D eigenvalue weighted by Crippen LogP contribution is -2.38. The molecule has 2 heterocycles. The molecule has 1 aromatic carbocycles. The molecule has 6 nitrogen and oxygen atoms in total. The maximum absolute atomic E-state index is 12.4. The van der Waals surface area contributed by atoms with Crippen LogP contribution in [0.2, 0.25) is 0 Å². The van der Waals surface area contributed by atoms with Gasteiger partial charge in [-0.25, -0.2) is 0 Å². The Labute approximate surface area is 127 Å². The van der Waals surface area contributed by atoms with Crippen LogP contribution in [-0.2, 0) is 12.6 Å². The smallest absolute Gasteiger partial charge is 0.253 e. The number of nitrogens with one attached hydrogen (secondary N) is 2. The van der Waals surface area contributed by atoms with Gasteiger partial charge in [0.1, 0.15) is 5.60 Å². The van der Waals surface area contributed by atoms with Crippen LogP contribution >= 0.6 is 0 Å². The minimum Gasteiger partial charge on any atom is -0.383 e. The molecule has 0 aliphatic carbocycles. The summed E-state index contributed by atoms with van der Waals surface area (Å²) in [6.45, 7) is 1.76. The summed E-state index contributed by atoms with van der Waals surface area (Å²) in [6, 6.07) is 7.45. The van der Waals surface area contributed by atoms with Gasteiger partial charge >= 0.3 is 0 Å². The van der Waals surface area contributed by atoms with Gasteiger partial charge in [0, 0.05) is 30.4 Å². The first kappa shape index (κ1) is 14.3. The second-order valence-corrected chi connectivity index (χ2v) is 5.61. The molecule has 0 aliphatic heterocycles. The van der Waals surface area contributed by atoms with E-state index in [9.17, 15) is 9.90 Å². The molecule has 0 fully saturated rings. The maximum atomic E-state index is 12.4. The number of hydrogen-bond acceptors (Lipinski definition) is 3. The number of aliphatic hydroxyl groups is 1. The molecule has 1 amide bonds. The molecule has 2 aromatic heterocycles. The predicted molar refractivity (Wildman–Crippen MR) is 83.4 cm³/mol. The first-order valence-corrected chi connectivity index (χ1v) is 7.03. The number of nitrogens with zero attached hydrogens (tertiary/aromatic N) is 2. The third-order valence-corrected chi connectivity index (χ3v) is 3.75. The van der Waals surface area contributed by atoms with Crippen molar-refractivity contribution in [2.75, 3.05) is 6.54 Å². The van der Waals surface area contributed by atoms with Crippen molar-refractivity contribution in [1.82, 2.24) is 20.1 Å². The molecule has 0 bridgehead atoms. The summed E-state index contributed by atoms with van der Waals surface area (Å²) in [5.41, 5.74) is 0.840. The van der Waals surface area contributed by atoms with E-state index in [4.69, 9.17) is 0 Å². The molecule has 114 valence electrons. The number of amides is 1. The fourth-order valence-electron chi connectivity index (χ4n) is 2.42. The van der Waals surface area contributed by atoms with Crippen LogP contribution in [0.15, 0.2) is 42.9 Å². The van der Waals surface area contributed by atoms with E-state index in [1.165, 1.54) is 0 Å². The number of hydrogen-bond donors (Lipinski definition) is 3. The Hall–Kier alpha value is -2.60. The highest BCUT2D eigenvalue weighted by Crippen LogP contribution is 2.20. The average molecular weight is 298 g/mol. The number of H-pyrrole nitrogens is 1. The zero-order valence-electron chi connectivity index (χ0n) is 12.5. The molecule has 0 saturated carbocycles. The fraction of sp³-hybridized carbons (Fsp3) is 0.250. The summed E-state index contributed by atoms with van der Waals surface area (Å²) in [6.07, 6.45) is 5.13. The number of rotatable bonds is 4. The Kier molecular flexibility index (Phi) is 3.46. The molecule has 1 atom stereocenters. The van der Waals surface area contributed by atoms with Gasteiger partial charge in [0.15, 0.2) is 0 Å². The second-order valence-electron chi connectivity index (χ2n) is 5.61. The molecule has 3 aromatic rings. The van der Waals surface area contributed by atoms with Crippen molar-refractivity contribution in [2.45, 2.75) is 12.5 Å². The highest BCUT2D eigenvalue weighted by atomic mass is 16.3. The quantitative estimate of drug-likeness (QED) is 0.683. The van der Waals surface area contributed by atoms with Crippen LogP contribution in [0.25, 0.3) is 10.9 Å². The topological polar surface area (TPSA) is 82.9 Å². The SMILES string of the molecule is Cn1cc(C(C)(O)CNC(=O)c2cccc3cc[nH]c23)cn1. The molecule has 22 heavy (non-hydrogen) atoms. The number of carbonyl (C=O) groups is 1. The van der Waals surface area contributed by atoms with Gasteiger partial charge < -0.3 is 15.4 Å². The van der Waals surface area contributed by atoms with Crippen LogP contribution in [0.5, 0.6) is 0 Å². The van der Waals surface area contributed by atoms with Gasteiger partial charge in [0.05, 0.1) is 23.8 Å². The zero-order valence-corrected chi connectivity index (χ0v) is 12.5. The third kappa shape index (κ3) is 2.60. The molecule has 6 heteroatoms. The Morgan fingerprint density at radius 1 is 1.45 bits per heavy atom. The molecular formula is C16H18N4O2. The van der Waals surface area contributed by atoms with Crippen LogP contribution in [0.4, 0.5) is 0 Å². The molecule has 0 spiro atoms. The summed E-state index contributed by atoms with van der Waals surface area (Å²) in [7, 11) is 1.78. The minimum atomic E-state index is -1.17. The summed E-state index contributed by atoms with van der Waals surface area (Å²) < 4.78 is 1.62. The summed E-state index contributed by atoms with van der Waals surface area (Å²) in [5.74, 6) is -0.225. The van der Waals surface area contributed by atoms with E-state index in [2.05, 4.69) is 15.4 Å². The second kappa shape index (κ2) is 5.31. The number of benzene rings is 1. The van der Waals surface area contributed by atoms with Crippen LogP contribution in [0.1, 0.15) is 22.8 Å². The van der Waals surface area contributed by atoms with Crippen molar-refractivity contribution >= 4 is 16.8 Å². The number of carbonyl (C=O) groups excluding carboxylic acids is 1. The molecule has 0 saturated heterocycles. The number of para-hydroxylation sites is 1. The number of aryl methyl sites for hydroxylation is 1. The standard InChI is InChI=1S/C16H18N4O2/c1-16(22,12-8-19-20(2)9-12)10-18-15(21)13-5-3-4-11-6-7-17-14(11)13/h3-9,17,22H,10H2,1-2H3,(H,18,21). The van der Waals surface area contributed by atoms with Gasteiger partial charge in [0.25, 0.3) is 5.91 Å². The Morgan fingerprint density at radius 3 is 3.00 bits per heavy atom. The van der Waals surface area contributed by atoms with E-state index in [1.54, 1.807) is 43.3 Å². The molecular weight excluding hydrogens is 280 g/mol.